The maximum absolute atomic E-state index is 13.5. The molecule has 1 aromatic carbocycles. The summed E-state index contributed by atoms with van der Waals surface area (Å²) in [6.45, 7) is 2.55. The Morgan fingerprint density at radius 1 is 1.39 bits per heavy atom. The molecule has 0 radical (unpaired) electrons. The lowest BCUT2D eigenvalue weighted by Crippen LogP contribution is -2.12. The summed E-state index contributed by atoms with van der Waals surface area (Å²) in [5.41, 5.74) is -0.923. The largest absolute Gasteiger partial charge is 0.416 e. The van der Waals surface area contributed by atoms with Crippen molar-refractivity contribution in [3.63, 3.8) is 0 Å². The van der Waals surface area contributed by atoms with E-state index in [1.165, 1.54) is 12.3 Å². The number of carbonyl (C=O) groups excluding carboxylic acids is 1. The Balaban J connectivity index is 2.10. The van der Waals surface area contributed by atoms with E-state index in [4.69, 9.17) is 0 Å². The van der Waals surface area contributed by atoms with E-state index in [2.05, 4.69) is 10.4 Å². The van der Waals surface area contributed by atoms with Gasteiger partial charge in [0.25, 0.3) is 0 Å². The molecule has 0 aliphatic carbocycles. The van der Waals surface area contributed by atoms with E-state index in [0.717, 1.165) is 6.08 Å². The fraction of sp³-hybridized carbons (Fsp3) is 0.200. The molecule has 2 aromatic rings. The van der Waals surface area contributed by atoms with Crippen molar-refractivity contribution in [3.8, 4) is 0 Å². The van der Waals surface area contributed by atoms with Crippen molar-refractivity contribution in [1.29, 1.82) is 0 Å². The van der Waals surface area contributed by atoms with Gasteiger partial charge in [-0.3, -0.25) is 9.48 Å². The van der Waals surface area contributed by atoms with E-state index in [-0.39, 0.29) is 0 Å². The zero-order chi connectivity index (χ0) is 17.0. The Kier molecular flexibility index (Phi) is 4.83. The number of rotatable bonds is 4. The van der Waals surface area contributed by atoms with E-state index in [0.29, 0.717) is 30.3 Å². The van der Waals surface area contributed by atoms with Crippen LogP contribution in [0.4, 0.5) is 23.2 Å². The SMILES string of the molecule is CCn1cc(/C=C/C(=O)Nc2cc(C(F)(F)F)ccc2F)cn1. The molecule has 0 unspecified atom stereocenters. The molecule has 23 heavy (non-hydrogen) atoms. The van der Waals surface area contributed by atoms with Gasteiger partial charge in [-0.15, -0.1) is 0 Å². The first-order chi connectivity index (χ1) is 10.8. The molecule has 1 N–H and O–H groups in total. The van der Waals surface area contributed by atoms with Crippen LogP contribution in [-0.2, 0) is 17.5 Å². The minimum Gasteiger partial charge on any atom is -0.320 e. The van der Waals surface area contributed by atoms with Crippen LogP contribution in [0.5, 0.6) is 0 Å². The van der Waals surface area contributed by atoms with E-state index in [9.17, 15) is 22.4 Å². The number of hydrogen-bond donors (Lipinski definition) is 1. The van der Waals surface area contributed by atoms with Gasteiger partial charge >= 0.3 is 6.18 Å². The molecular weight excluding hydrogens is 314 g/mol. The monoisotopic (exact) mass is 327 g/mol. The normalized spacial score (nSPS) is 11.9. The molecule has 0 aliphatic heterocycles. The topological polar surface area (TPSA) is 46.9 Å². The summed E-state index contributed by atoms with van der Waals surface area (Å²) in [5, 5.41) is 6.08. The van der Waals surface area contributed by atoms with Crippen LogP contribution in [0.3, 0.4) is 0 Å². The van der Waals surface area contributed by atoms with Crippen molar-refractivity contribution in [1.82, 2.24) is 9.78 Å². The standard InChI is InChI=1S/C15H13F4N3O/c1-2-22-9-10(8-20-22)3-6-14(23)21-13-7-11(15(17,18)19)4-5-12(13)16/h3-9H,2H2,1H3,(H,21,23)/b6-3+. The zero-order valence-electron chi connectivity index (χ0n) is 12.1. The Morgan fingerprint density at radius 3 is 2.74 bits per heavy atom. The van der Waals surface area contributed by atoms with E-state index in [1.807, 2.05) is 6.92 Å². The third kappa shape index (κ3) is 4.41. The van der Waals surface area contributed by atoms with Gasteiger partial charge in [-0.05, 0) is 31.2 Å². The molecule has 122 valence electrons. The molecule has 8 heteroatoms. The summed E-state index contributed by atoms with van der Waals surface area (Å²) in [4.78, 5) is 11.7. The van der Waals surface area contributed by atoms with Gasteiger partial charge in [0.1, 0.15) is 5.82 Å². The van der Waals surface area contributed by atoms with Gasteiger partial charge in [0.05, 0.1) is 17.4 Å². The molecule has 0 fully saturated rings. The molecule has 0 saturated heterocycles. The maximum Gasteiger partial charge on any atom is 0.416 e. The molecular formula is C15H13F4N3O. The van der Waals surface area contributed by atoms with Crippen LogP contribution in [0.25, 0.3) is 6.08 Å². The molecule has 4 nitrogen and oxygen atoms in total. The summed E-state index contributed by atoms with van der Waals surface area (Å²) in [6.07, 6.45) is 1.13. The lowest BCUT2D eigenvalue weighted by atomic mass is 10.2. The first-order valence-electron chi connectivity index (χ1n) is 6.68. The van der Waals surface area contributed by atoms with Crippen molar-refractivity contribution >= 4 is 17.7 Å². The summed E-state index contributed by atoms with van der Waals surface area (Å²) in [6, 6.07) is 1.82. The Bertz CT molecular complexity index is 735. The fourth-order valence-electron chi connectivity index (χ4n) is 1.78. The number of benzene rings is 1. The third-order valence-electron chi connectivity index (χ3n) is 2.96. The molecule has 1 aromatic heterocycles. The molecule has 0 aliphatic rings. The molecule has 1 amide bonds. The number of amides is 1. The van der Waals surface area contributed by atoms with Crippen LogP contribution < -0.4 is 5.32 Å². The number of aryl methyl sites for hydroxylation is 1. The summed E-state index contributed by atoms with van der Waals surface area (Å²) < 4.78 is 52.9. The highest BCUT2D eigenvalue weighted by Gasteiger charge is 2.31. The van der Waals surface area contributed by atoms with Crippen molar-refractivity contribution in [2.45, 2.75) is 19.6 Å². The Labute approximate surface area is 129 Å². The highest BCUT2D eigenvalue weighted by atomic mass is 19.4. The van der Waals surface area contributed by atoms with Gasteiger partial charge in [-0.2, -0.15) is 18.3 Å². The predicted molar refractivity (Wildman–Crippen MR) is 77.0 cm³/mol. The van der Waals surface area contributed by atoms with Gasteiger partial charge in [0.2, 0.25) is 5.91 Å². The van der Waals surface area contributed by atoms with Crippen LogP contribution in [0.1, 0.15) is 18.1 Å². The minimum absolute atomic E-state index is 0.529. The van der Waals surface area contributed by atoms with Crippen molar-refractivity contribution in [3.05, 3.63) is 53.6 Å². The molecule has 0 saturated carbocycles. The summed E-state index contributed by atoms with van der Waals surface area (Å²) in [7, 11) is 0. The predicted octanol–water partition coefficient (Wildman–Crippen LogP) is 3.71. The highest BCUT2D eigenvalue weighted by molar-refractivity contribution is 6.02. The average molecular weight is 327 g/mol. The van der Waals surface area contributed by atoms with Gasteiger partial charge < -0.3 is 5.32 Å². The van der Waals surface area contributed by atoms with Crippen molar-refractivity contribution in [2.24, 2.45) is 0 Å². The number of carbonyl (C=O) groups is 1. The van der Waals surface area contributed by atoms with Crippen LogP contribution in [0.15, 0.2) is 36.7 Å². The quantitative estimate of drug-likeness (QED) is 0.687. The molecule has 1 heterocycles. The van der Waals surface area contributed by atoms with Crippen LogP contribution in [0.2, 0.25) is 0 Å². The second-order valence-corrected chi connectivity index (χ2v) is 4.64. The van der Waals surface area contributed by atoms with Gasteiger partial charge in [-0.25, -0.2) is 4.39 Å². The van der Waals surface area contributed by atoms with E-state index < -0.39 is 29.2 Å². The second-order valence-electron chi connectivity index (χ2n) is 4.64. The number of aromatic nitrogens is 2. The Hall–Kier alpha value is -2.64. The minimum atomic E-state index is -4.61. The number of nitrogens with one attached hydrogen (secondary N) is 1. The van der Waals surface area contributed by atoms with Crippen molar-refractivity contribution in [2.75, 3.05) is 5.32 Å². The second kappa shape index (κ2) is 6.64. The van der Waals surface area contributed by atoms with Crippen molar-refractivity contribution < 1.29 is 22.4 Å². The van der Waals surface area contributed by atoms with Gasteiger partial charge in [0, 0.05) is 24.4 Å². The summed E-state index contributed by atoms with van der Waals surface area (Å²) in [5.74, 6) is -1.69. The smallest absolute Gasteiger partial charge is 0.320 e. The molecule has 0 bridgehead atoms. The Morgan fingerprint density at radius 2 is 2.13 bits per heavy atom. The maximum atomic E-state index is 13.5. The lowest BCUT2D eigenvalue weighted by molar-refractivity contribution is -0.137. The number of nitrogens with zero attached hydrogens (tertiary/aromatic N) is 2. The number of hydrogen-bond acceptors (Lipinski definition) is 2. The average Bonchev–Trinajstić information content (AvgIpc) is 2.94. The lowest BCUT2D eigenvalue weighted by Gasteiger charge is -2.09. The van der Waals surface area contributed by atoms with Gasteiger partial charge in [0.15, 0.2) is 0 Å². The highest BCUT2D eigenvalue weighted by Crippen LogP contribution is 2.31. The molecule has 2 rings (SSSR count). The van der Waals surface area contributed by atoms with Crippen LogP contribution in [-0.4, -0.2) is 15.7 Å². The van der Waals surface area contributed by atoms with Gasteiger partial charge in [-0.1, -0.05) is 0 Å². The van der Waals surface area contributed by atoms with Crippen LogP contribution >= 0.6 is 0 Å². The van der Waals surface area contributed by atoms with E-state index in [1.54, 1.807) is 10.9 Å². The van der Waals surface area contributed by atoms with Crippen LogP contribution in [0, 0.1) is 5.82 Å². The first-order valence-corrected chi connectivity index (χ1v) is 6.68. The van der Waals surface area contributed by atoms with E-state index >= 15 is 0 Å². The fourth-order valence-corrected chi connectivity index (χ4v) is 1.78. The summed E-state index contributed by atoms with van der Waals surface area (Å²) >= 11 is 0. The molecule has 0 atom stereocenters. The number of halogens is 4. The number of alkyl halides is 3. The zero-order valence-corrected chi connectivity index (χ0v) is 12.1. The number of anilines is 1. The molecule has 0 spiro atoms. The third-order valence-corrected chi connectivity index (χ3v) is 2.96. The first kappa shape index (κ1) is 16.7.